The van der Waals surface area contributed by atoms with E-state index < -0.39 is 0 Å². The van der Waals surface area contributed by atoms with Gasteiger partial charge in [0.15, 0.2) is 0 Å². The molecule has 1 rings (SSSR count). The van der Waals surface area contributed by atoms with Gasteiger partial charge in [0.1, 0.15) is 0 Å². The number of nitrogens with one attached hydrogen (secondary N) is 1. The molecule has 3 nitrogen and oxygen atoms in total. The van der Waals surface area contributed by atoms with E-state index in [4.69, 9.17) is 0 Å². The molecule has 0 bridgehead atoms. The maximum Gasteiger partial charge on any atom is 0.241 e. The summed E-state index contributed by atoms with van der Waals surface area (Å²) in [5.41, 5.74) is 0. The fourth-order valence-corrected chi connectivity index (χ4v) is 2.91. The van der Waals surface area contributed by atoms with Gasteiger partial charge in [-0.25, -0.2) is 0 Å². The summed E-state index contributed by atoms with van der Waals surface area (Å²) in [6, 6.07) is 0.444. The third kappa shape index (κ3) is 3.71. The van der Waals surface area contributed by atoms with E-state index >= 15 is 0 Å². The molecule has 1 fully saturated rings. The molecule has 1 amide bonds. The molecule has 0 aliphatic carbocycles. The monoisotopic (exact) mass is 254 g/mol. The minimum atomic E-state index is 0.0702. The molecule has 0 saturated carbocycles. The van der Waals surface area contributed by atoms with Crippen LogP contribution in [-0.4, -0.2) is 29.1 Å². The van der Waals surface area contributed by atoms with Gasteiger partial charge < -0.3 is 4.90 Å². The largest absolute Gasteiger partial charge is 0.323 e. The second-order valence-electron chi connectivity index (χ2n) is 5.55. The van der Waals surface area contributed by atoms with Gasteiger partial charge in [-0.05, 0) is 26.2 Å². The normalized spacial score (nSPS) is 25.8. The number of carbonyl (C=O) groups excluding carboxylic acids is 1. The Bertz CT molecular complexity index is 255. The average Bonchev–Trinajstić information content (AvgIpc) is 2.64. The number of unbranched alkanes of at least 4 members (excludes halogenated alkanes) is 1. The van der Waals surface area contributed by atoms with Gasteiger partial charge in [0.2, 0.25) is 5.91 Å². The van der Waals surface area contributed by atoms with Gasteiger partial charge in [0, 0.05) is 6.04 Å². The summed E-state index contributed by atoms with van der Waals surface area (Å²) in [7, 11) is 0. The molecule has 3 unspecified atom stereocenters. The van der Waals surface area contributed by atoms with Gasteiger partial charge in [-0.2, -0.15) is 0 Å². The summed E-state index contributed by atoms with van der Waals surface area (Å²) in [6.45, 7) is 8.75. The first-order valence-corrected chi connectivity index (χ1v) is 7.73. The predicted octanol–water partition coefficient (Wildman–Crippen LogP) is 3.29. The molecule has 0 spiro atoms. The van der Waals surface area contributed by atoms with Gasteiger partial charge >= 0.3 is 0 Å². The first-order chi connectivity index (χ1) is 8.65. The fourth-order valence-electron chi connectivity index (χ4n) is 2.91. The van der Waals surface area contributed by atoms with E-state index in [1.165, 1.54) is 0 Å². The smallest absolute Gasteiger partial charge is 0.241 e. The highest BCUT2D eigenvalue weighted by Gasteiger charge is 2.39. The lowest BCUT2D eigenvalue weighted by Gasteiger charge is -2.30. The van der Waals surface area contributed by atoms with Gasteiger partial charge in [0.05, 0.1) is 12.2 Å². The summed E-state index contributed by atoms with van der Waals surface area (Å²) < 4.78 is 0. The summed E-state index contributed by atoms with van der Waals surface area (Å²) >= 11 is 0. The second-order valence-corrected chi connectivity index (χ2v) is 5.55. The van der Waals surface area contributed by atoms with Gasteiger partial charge in [-0.1, -0.05) is 46.5 Å². The molecule has 1 aliphatic heterocycles. The van der Waals surface area contributed by atoms with Crippen molar-refractivity contribution < 1.29 is 4.79 Å². The van der Waals surface area contributed by atoms with Crippen LogP contribution in [0.25, 0.3) is 0 Å². The molecule has 3 atom stereocenters. The molecule has 0 aromatic carbocycles. The van der Waals surface area contributed by atoms with Crippen LogP contribution in [0.4, 0.5) is 0 Å². The van der Waals surface area contributed by atoms with E-state index in [9.17, 15) is 4.79 Å². The minimum Gasteiger partial charge on any atom is -0.323 e. The van der Waals surface area contributed by atoms with Crippen molar-refractivity contribution in [3.63, 3.8) is 0 Å². The van der Waals surface area contributed by atoms with Crippen LogP contribution < -0.4 is 5.32 Å². The van der Waals surface area contributed by atoms with E-state index in [2.05, 4.69) is 37.9 Å². The van der Waals surface area contributed by atoms with E-state index in [0.717, 1.165) is 44.9 Å². The van der Waals surface area contributed by atoms with E-state index in [1.807, 2.05) is 0 Å². The Morgan fingerprint density at radius 2 is 1.89 bits per heavy atom. The van der Waals surface area contributed by atoms with Crippen LogP contribution in [0, 0.1) is 0 Å². The molecule has 0 radical (unpaired) electrons. The van der Waals surface area contributed by atoms with Crippen LogP contribution >= 0.6 is 0 Å². The quantitative estimate of drug-likeness (QED) is 0.721. The minimum absolute atomic E-state index is 0.0702. The highest BCUT2D eigenvalue weighted by atomic mass is 16.2. The first kappa shape index (κ1) is 15.5. The number of rotatable bonds is 8. The molecule has 1 aliphatic rings. The number of carbonyl (C=O) groups is 1. The molecule has 0 aromatic heterocycles. The van der Waals surface area contributed by atoms with Gasteiger partial charge in [-0.15, -0.1) is 0 Å². The highest BCUT2D eigenvalue weighted by molar-refractivity contribution is 5.84. The summed E-state index contributed by atoms with van der Waals surface area (Å²) in [4.78, 5) is 14.6. The lowest BCUT2D eigenvalue weighted by atomic mass is 10.1. The standard InChI is InChI=1S/C15H30N2O/c1-5-8-11-13-15(18)17(12(4)9-6-2)14(16-13)10-7-3/h12-14,16H,5-11H2,1-4H3. The number of nitrogens with zero attached hydrogens (tertiary/aromatic N) is 1. The maximum atomic E-state index is 12.5. The van der Waals surface area contributed by atoms with Crippen LogP contribution in [0.15, 0.2) is 0 Å². The second kappa shape index (κ2) is 7.78. The maximum absolute atomic E-state index is 12.5. The SMILES string of the molecule is CCCCC1NC(CCC)N(C(C)CCC)C1=O. The van der Waals surface area contributed by atoms with Gasteiger partial charge in [-0.3, -0.25) is 10.1 Å². The zero-order valence-corrected chi connectivity index (χ0v) is 12.5. The van der Waals surface area contributed by atoms with E-state index in [-0.39, 0.29) is 12.2 Å². The molecule has 106 valence electrons. The van der Waals surface area contributed by atoms with Gasteiger partial charge in [0.25, 0.3) is 0 Å². The Morgan fingerprint density at radius 3 is 2.44 bits per heavy atom. The summed E-state index contributed by atoms with van der Waals surface area (Å²) in [5.74, 6) is 0.336. The lowest BCUT2D eigenvalue weighted by Crippen LogP contribution is -2.43. The topological polar surface area (TPSA) is 32.3 Å². The van der Waals surface area contributed by atoms with Crippen molar-refractivity contribution in [2.75, 3.05) is 0 Å². The third-order valence-corrected chi connectivity index (χ3v) is 3.87. The van der Waals surface area contributed by atoms with Crippen molar-refractivity contribution in [3.8, 4) is 0 Å². The molecule has 1 N–H and O–H groups in total. The van der Waals surface area contributed by atoms with Crippen molar-refractivity contribution in [1.29, 1.82) is 0 Å². The van der Waals surface area contributed by atoms with Crippen LogP contribution in [-0.2, 0) is 4.79 Å². The summed E-state index contributed by atoms with van der Waals surface area (Å²) in [6.07, 6.45) is 8.00. The molecule has 18 heavy (non-hydrogen) atoms. The Hall–Kier alpha value is -0.570. The average molecular weight is 254 g/mol. The van der Waals surface area contributed by atoms with Crippen LogP contribution in [0.3, 0.4) is 0 Å². The van der Waals surface area contributed by atoms with E-state index in [0.29, 0.717) is 11.9 Å². The lowest BCUT2D eigenvalue weighted by molar-refractivity contribution is -0.132. The third-order valence-electron chi connectivity index (χ3n) is 3.87. The van der Waals surface area contributed by atoms with Crippen LogP contribution in [0.2, 0.25) is 0 Å². The van der Waals surface area contributed by atoms with Crippen LogP contribution in [0.5, 0.6) is 0 Å². The molecule has 1 heterocycles. The Balaban J connectivity index is 2.67. The highest BCUT2D eigenvalue weighted by Crippen LogP contribution is 2.23. The molecular weight excluding hydrogens is 224 g/mol. The Morgan fingerprint density at radius 1 is 1.17 bits per heavy atom. The molecule has 0 aromatic rings. The predicted molar refractivity (Wildman–Crippen MR) is 76.4 cm³/mol. The van der Waals surface area contributed by atoms with Crippen LogP contribution in [0.1, 0.15) is 72.6 Å². The first-order valence-electron chi connectivity index (χ1n) is 7.73. The molecular formula is C15H30N2O. The Labute approximate surface area is 112 Å². The Kier molecular flexibility index (Phi) is 6.69. The number of amides is 1. The van der Waals surface area contributed by atoms with Crippen molar-refractivity contribution in [3.05, 3.63) is 0 Å². The number of hydrogen-bond donors (Lipinski definition) is 1. The molecule has 1 saturated heterocycles. The molecule has 3 heteroatoms. The van der Waals surface area contributed by atoms with Crippen molar-refractivity contribution in [2.45, 2.75) is 90.9 Å². The van der Waals surface area contributed by atoms with Crippen molar-refractivity contribution in [2.24, 2.45) is 0 Å². The van der Waals surface area contributed by atoms with Crippen molar-refractivity contribution >= 4 is 5.91 Å². The van der Waals surface area contributed by atoms with E-state index in [1.54, 1.807) is 0 Å². The zero-order chi connectivity index (χ0) is 13.5. The number of hydrogen-bond acceptors (Lipinski definition) is 2. The fraction of sp³-hybridized carbons (Fsp3) is 0.933. The zero-order valence-electron chi connectivity index (χ0n) is 12.5. The summed E-state index contributed by atoms with van der Waals surface area (Å²) in [5, 5.41) is 3.54. The van der Waals surface area contributed by atoms with Crippen molar-refractivity contribution in [1.82, 2.24) is 10.2 Å².